The SMILES string of the molecule is Cc1ccc2nc(-c3ccccc3)c(-c3ccc(N(c4ccccc4)c4ccc(N(c5ccccc5)c5ccccc5)cc4)cc3)nc2c1. The van der Waals surface area contributed by atoms with Crippen LogP contribution in [0.1, 0.15) is 5.56 Å². The predicted octanol–water partition coefficient (Wildman–Crippen LogP) is 12.2. The van der Waals surface area contributed by atoms with E-state index in [0.29, 0.717) is 0 Å². The molecule has 0 aliphatic rings. The third kappa shape index (κ3) is 6.16. The quantitative estimate of drug-likeness (QED) is 0.167. The highest BCUT2D eigenvalue weighted by molar-refractivity contribution is 5.88. The Bertz CT molecular complexity index is 2270. The van der Waals surface area contributed by atoms with Crippen LogP contribution in [0.4, 0.5) is 34.1 Å². The highest BCUT2D eigenvalue weighted by atomic mass is 15.2. The van der Waals surface area contributed by atoms with E-state index >= 15 is 0 Å². The van der Waals surface area contributed by atoms with Gasteiger partial charge in [-0.3, -0.25) is 0 Å². The Kier molecular flexibility index (Phi) is 8.11. The van der Waals surface area contributed by atoms with Crippen molar-refractivity contribution in [2.24, 2.45) is 0 Å². The van der Waals surface area contributed by atoms with E-state index in [1.165, 1.54) is 0 Å². The minimum Gasteiger partial charge on any atom is -0.311 e. The summed E-state index contributed by atoms with van der Waals surface area (Å²) < 4.78 is 0. The van der Waals surface area contributed by atoms with Gasteiger partial charge < -0.3 is 9.80 Å². The van der Waals surface area contributed by atoms with E-state index in [4.69, 9.17) is 9.97 Å². The van der Waals surface area contributed by atoms with Crippen molar-refractivity contribution in [2.75, 3.05) is 9.80 Å². The van der Waals surface area contributed by atoms with Gasteiger partial charge in [0.15, 0.2) is 0 Å². The molecule has 0 fully saturated rings. The largest absolute Gasteiger partial charge is 0.311 e. The molecule has 0 atom stereocenters. The fraction of sp³-hybridized carbons (Fsp3) is 0.0222. The van der Waals surface area contributed by atoms with E-state index in [0.717, 1.165) is 73.2 Å². The topological polar surface area (TPSA) is 32.3 Å². The molecule has 7 aromatic carbocycles. The Labute approximate surface area is 287 Å². The van der Waals surface area contributed by atoms with Gasteiger partial charge in [0.05, 0.1) is 22.4 Å². The van der Waals surface area contributed by atoms with Crippen molar-refractivity contribution >= 4 is 45.2 Å². The van der Waals surface area contributed by atoms with Gasteiger partial charge in [0.1, 0.15) is 0 Å². The number of anilines is 6. The van der Waals surface area contributed by atoms with E-state index in [-0.39, 0.29) is 0 Å². The molecule has 4 nitrogen and oxygen atoms in total. The summed E-state index contributed by atoms with van der Waals surface area (Å²) in [6.07, 6.45) is 0. The molecule has 234 valence electrons. The first-order chi connectivity index (χ1) is 24.2. The van der Waals surface area contributed by atoms with E-state index in [1.54, 1.807) is 0 Å². The second-order valence-electron chi connectivity index (χ2n) is 12.0. The molecule has 4 heteroatoms. The molecule has 0 spiro atoms. The second-order valence-corrected chi connectivity index (χ2v) is 12.0. The highest BCUT2D eigenvalue weighted by Crippen LogP contribution is 2.40. The van der Waals surface area contributed by atoms with Crippen LogP contribution in [0.15, 0.2) is 188 Å². The summed E-state index contributed by atoms with van der Waals surface area (Å²) in [5.41, 5.74) is 13.3. The average Bonchev–Trinajstić information content (AvgIpc) is 3.17. The van der Waals surface area contributed by atoms with E-state index in [2.05, 4.69) is 187 Å². The first-order valence-corrected chi connectivity index (χ1v) is 16.5. The molecule has 1 heterocycles. The predicted molar refractivity (Wildman–Crippen MR) is 205 cm³/mol. The molecule has 49 heavy (non-hydrogen) atoms. The monoisotopic (exact) mass is 630 g/mol. The smallest absolute Gasteiger partial charge is 0.0973 e. The molecule has 0 aliphatic heterocycles. The van der Waals surface area contributed by atoms with Gasteiger partial charge in [0.25, 0.3) is 0 Å². The van der Waals surface area contributed by atoms with Gasteiger partial charge in [0.2, 0.25) is 0 Å². The Hall–Kier alpha value is -6.52. The molecule has 0 N–H and O–H groups in total. The van der Waals surface area contributed by atoms with Gasteiger partial charge in [0, 0.05) is 45.3 Å². The number of nitrogens with zero attached hydrogens (tertiary/aromatic N) is 4. The summed E-state index contributed by atoms with van der Waals surface area (Å²) in [5, 5.41) is 0. The van der Waals surface area contributed by atoms with E-state index in [1.807, 2.05) is 18.2 Å². The van der Waals surface area contributed by atoms with Gasteiger partial charge >= 0.3 is 0 Å². The molecule has 8 rings (SSSR count). The van der Waals surface area contributed by atoms with E-state index < -0.39 is 0 Å². The highest BCUT2D eigenvalue weighted by Gasteiger charge is 2.18. The molecule has 0 saturated heterocycles. The van der Waals surface area contributed by atoms with Crippen LogP contribution in [-0.4, -0.2) is 9.97 Å². The third-order valence-corrected chi connectivity index (χ3v) is 8.68. The number of aromatic nitrogens is 2. The maximum absolute atomic E-state index is 5.17. The molecule has 0 unspecified atom stereocenters. The molecule has 0 bridgehead atoms. The van der Waals surface area contributed by atoms with Gasteiger partial charge in [-0.2, -0.15) is 0 Å². The summed E-state index contributed by atoms with van der Waals surface area (Å²) in [4.78, 5) is 14.8. The normalized spacial score (nSPS) is 11.0. The Balaban J connectivity index is 1.19. The number of hydrogen-bond donors (Lipinski definition) is 0. The first-order valence-electron chi connectivity index (χ1n) is 16.5. The maximum atomic E-state index is 5.17. The van der Waals surface area contributed by atoms with Gasteiger partial charge in [-0.05, 0) is 97.4 Å². The molecular formula is C45H34N4. The first kappa shape index (κ1) is 29.9. The summed E-state index contributed by atoms with van der Waals surface area (Å²) in [6, 6.07) is 65.5. The molecular weight excluding hydrogens is 597 g/mol. The van der Waals surface area contributed by atoms with Crippen molar-refractivity contribution in [3.63, 3.8) is 0 Å². The zero-order valence-corrected chi connectivity index (χ0v) is 27.2. The minimum absolute atomic E-state index is 0.869. The van der Waals surface area contributed by atoms with Crippen LogP contribution in [0, 0.1) is 6.92 Å². The number of para-hydroxylation sites is 3. The zero-order chi connectivity index (χ0) is 33.0. The third-order valence-electron chi connectivity index (χ3n) is 8.68. The van der Waals surface area contributed by atoms with Crippen LogP contribution in [0.25, 0.3) is 33.5 Å². The van der Waals surface area contributed by atoms with Crippen molar-refractivity contribution in [3.05, 3.63) is 194 Å². The summed E-state index contributed by atoms with van der Waals surface area (Å²) >= 11 is 0. The van der Waals surface area contributed by atoms with E-state index in [9.17, 15) is 0 Å². The standard InChI is InChI=1S/C45H34N4/c1-33-22-31-42-43(32-33)47-45(44(46-42)34-14-6-2-7-15-34)35-23-25-39(26-24-35)49(38-20-12-5-13-21-38)41-29-27-40(28-30-41)48(36-16-8-3-9-17-36)37-18-10-4-11-19-37/h2-32H,1H3. The Morgan fingerprint density at radius 2 is 0.673 bits per heavy atom. The lowest BCUT2D eigenvalue weighted by molar-refractivity contribution is 1.25. The van der Waals surface area contributed by atoms with Crippen LogP contribution in [0.2, 0.25) is 0 Å². The number of aryl methyl sites for hydroxylation is 1. The van der Waals surface area contributed by atoms with Crippen molar-refractivity contribution in [2.45, 2.75) is 6.92 Å². The minimum atomic E-state index is 0.869. The molecule has 0 saturated carbocycles. The van der Waals surface area contributed by atoms with Crippen LogP contribution in [0.3, 0.4) is 0 Å². The molecule has 1 aromatic heterocycles. The van der Waals surface area contributed by atoms with Crippen LogP contribution in [0.5, 0.6) is 0 Å². The zero-order valence-electron chi connectivity index (χ0n) is 27.2. The van der Waals surface area contributed by atoms with Crippen LogP contribution in [-0.2, 0) is 0 Å². The van der Waals surface area contributed by atoms with Gasteiger partial charge in [-0.1, -0.05) is 103 Å². The summed E-state index contributed by atoms with van der Waals surface area (Å²) in [6.45, 7) is 2.09. The second kappa shape index (κ2) is 13.3. The number of benzene rings is 7. The van der Waals surface area contributed by atoms with Gasteiger partial charge in [-0.25, -0.2) is 9.97 Å². The van der Waals surface area contributed by atoms with Crippen molar-refractivity contribution < 1.29 is 0 Å². The van der Waals surface area contributed by atoms with Crippen LogP contribution < -0.4 is 9.80 Å². The lowest BCUT2D eigenvalue weighted by atomic mass is 10.0. The summed E-state index contributed by atoms with van der Waals surface area (Å²) in [5.74, 6) is 0. The van der Waals surface area contributed by atoms with Crippen LogP contribution >= 0.6 is 0 Å². The van der Waals surface area contributed by atoms with Crippen molar-refractivity contribution in [3.8, 4) is 22.5 Å². The fourth-order valence-electron chi connectivity index (χ4n) is 6.31. The molecule has 0 amide bonds. The van der Waals surface area contributed by atoms with Gasteiger partial charge in [-0.15, -0.1) is 0 Å². The Morgan fingerprint density at radius 1 is 0.327 bits per heavy atom. The Morgan fingerprint density at radius 3 is 1.12 bits per heavy atom. The number of rotatable bonds is 8. The van der Waals surface area contributed by atoms with Crippen molar-refractivity contribution in [1.82, 2.24) is 9.97 Å². The lowest BCUT2D eigenvalue weighted by Crippen LogP contribution is -2.12. The molecule has 0 aliphatic carbocycles. The van der Waals surface area contributed by atoms with Crippen molar-refractivity contribution in [1.29, 1.82) is 0 Å². The fourth-order valence-corrected chi connectivity index (χ4v) is 6.31. The molecule has 8 aromatic rings. The average molecular weight is 631 g/mol. The molecule has 0 radical (unpaired) electrons. The number of hydrogen-bond acceptors (Lipinski definition) is 4. The maximum Gasteiger partial charge on any atom is 0.0973 e. The number of fused-ring (bicyclic) bond motifs is 1. The lowest BCUT2D eigenvalue weighted by Gasteiger charge is -2.28. The summed E-state index contributed by atoms with van der Waals surface area (Å²) in [7, 11) is 0.